The van der Waals surface area contributed by atoms with Crippen LogP contribution in [0.3, 0.4) is 0 Å². The Labute approximate surface area is 98.6 Å². The van der Waals surface area contributed by atoms with Gasteiger partial charge in [-0.2, -0.15) is 0 Å². The molecule has 0 aliphatic heterocycles. The zero-order chi connectivity index (χ0) is 10.4. The van der Waals surface area contributed by atoms with Gasteiger partial charge in [-0.25, -0.2) is 0 Å². The largest absolute Gasteiger partial charge is 0.326 e. The molecule has 0 amide bonds. The number of unbranched alkanes of at least 4 members (excludes halogenated alkanes) is 1. The number of nitrogens with two attached hydrogens (primary N) is 1. The minimum atomic E-state index is 0.627. The van der Waals surface area contributed by atoms with Crippen LogP contribution >= 0.6 is 27.7 Å². The second-order valence-electron chi connectivity index (χ2n) is 3.16. The maximum Gasteiger partial charge on any atom is 0.0189 e. The van der Waals surface area contributed by atoms with E-state index in [-0.39, 0.29) is 0 Å². The molecule has 0 aromatic heterocycles. The Balaban J connectivity index is 2.67. The van der Waals surface area contributed by atoms with E-state index in [1.54, 1.807) is 0 Å². The number of benzene rings is 1. The molecule has 1 rings (SSSR count). The van der Waals surface area contributed by atoms with Crippen molar-refractivity contribution in [2.45, 2.75) is 31.2 Å². The third kappa shape index (κ3) is 3.64. The third-order valence-corrected chi connectivity index (χ3v) is 3.68. The molecule has 0 aliphatic carbocycles. The normalized spacial score (nSPS) is 10.5. The van der Waals surface area contributed by atoms with Gasteiger partial charge in [0.1, 0.15) is 0 Å². The highest BCUT2D eigenvalue weighted by Gasteiger charge is 2.01. The van der Waals surface area contributed by atoms with Crippen molar-refractivity contribution in [3.05, 3.63) is 28.2 Å². The Kier molecular flexibility index (Phi) is 5.60. The van der Waals surface area contributed by atoms with E-state index < -0.39 is 0 Å². The van der Waals surface area contributed by atoms with Crippen LogP contribution in [-0.2, 0) is 6.54 Å². The van der Waals surface area contributed by atoms with Crippen molar-refractivity contribution in [2.75, 3.05) is 5.75 Å². The highest BCUT2D eigenvalue weighted by molar-refractivity contribution is 9.10. The maximum atomic E-state index is 5.68. The maximum absolute atomic E-state index is 5.68. The highest BCUT2D eigenvalue weighted by atomic mass is 79.9. The fourth-order valence-corrected chi connectivity index (χ4v) is 2.87. The van der Waals surface area contributed by atoms with E-state index in [1.807, 2.05) is 17.8 Å². The lowest BCUT2D eigenvalue weighted by atomic mass is 10.2. The molecule has 0 saturated heterocycles. The Hall–Kier alpha value is 0.01000. The van der Waals surface area contributed by atoms with Crippen molar-refractivity contribution in [1.29, 1.82) is 0 Å². The van der Waals surface area contributed by atoms with Gasteiger partial charge in [-0.15, -0.1) is 11.8 Å². The van der Waals surface area contributed by atoms with Crippen LogP contribution in [0.2, 0.25) is 0 Å². The summed E-state index contributed by atoms with van der Waals surface area (Å²) in [6.45, 7) is 2.84. The Morgan fingerprint density at radius 2 is 2.21 bits per heavy atom. The minimum absolute atomic E-state index is 0.627. The molecular weight excluding hydrogens is 258 g/mol. The lowest BCUT2D eigenvalue weighted by Gasteiger charge is -2.07. The van der Waals surface area contributed by atoms with Crippen molar-refractivity contribution in [2.24, 2.45) is 5.73 Å². The topological polar surface area (TPSA) is 26.0 Å². The van der Waals surface area contributed by atoms with Crippen LogP contribution in [0.1, 0.15) is 25.3 Å². The van der Waals surface area contributed by atoms with Gasteiger partial charge in [0.2, 0.25) is 0 Å². The SMILES string of the molecule is CCCCSc1cc(Br)ccc1CN. The van der Waals surface area contributed by atoms with Crippen LogP contribution in [0, 0.1) is 0 Å². The van der Waals surface area contributed by atoms with Gasteiger partial charge in [-0.1, -0.05) is 35.3 Å². The molecule has 0 unspecified atom stereocenters. The van der Waals surface area contributed by atoms with Gasteiger partial charge >= 0.3 is 0 Å². The van der Waals surface area contributed by atoms with E-state index in [4.69, 9.17) is 5.73 Å². The van der Waals surface area contributed by atoms with Crippen LogP contribution in [-0.4, -0.2) is 5.75 Å². The molecule has 78 valence electrons. The molecular formula is C11H16BrNS. The van der Waals surface area contributed by atoms with Gasteiger partial charge in [0.15, 0.2) is 0 Å². The van der Waals surface area contributed by atoms with E-state index in [2.05, 4.69) is 35.0 Å². The van der Waals surface area contributed by atoms with Gasteiger partial charge in [-0.05, 0) is 29.9 Å². The smallest absolute Gasteiger partial charge is 0.0189 e. The van der Waals surface area contributed by atoms with Gasteiger partial charge in [0.25, 0.3) is 0 Å². The molecule has 0 heterocycles. The summed E-state index contributed by atoms with van der Waals surface area (Å²) in [5.41, 5.74) is 6.92. The van der Waals surface area contributed by atoms with E-state index in [9.17, 15) is 0 Å². The first-order chi connectivity index (χ1) is 6.77. The third-order valence-electron chi connectivity index (χ3n) is 2.00. The second-order valence-corrected chi connectivity index (χ2v) is 5.21. The Bertz CT molecular complexity index is 289. The highest BCUT2D eigenvalue weighted by Crippen LogP contribution is 2.26. The quantitative estimate of drug-likeness (QED) is 0.653. The summed E-state index contributed by atoms with van der Waals surface area (Å²) in [7, 11) is 0. The van der Waals surface area contributed by atoms with Crippen LogP contribution in [0.25, 0.3) is 0 Å². The summed E-state index contributed by atoms with van der Waals surface area (Å²) in [6.07, 6.45) is 2.51. The van der Waals surface area contributed by atoms with E-state index in [0.29, 0.717) is 6.54 Å². The first-order valence-corrected chi connectivity index (χ1v) is 6.67. The summed E-state index contributed by atoms with van der Waals surface area (Å²) in [5.74, 6) is 1.18. The molecule has 14 heavy (non-hydrogen) atoms. The van der Waals surface area contributed by atoms with Crippen LogP contribution < -0.4 is 5.73 Å². The molecule has 0 fully saturated rings. The lowest BCUT2D eigenvalue weighted by Crippen LogP contribution is -1.98. The average Bonchev–Trinajstić information content (AvgIpc) is 2.19. The molecule has 2 N–H and O–H groups in total. The first-order valence-electron chi connectivity index (χ1n) is 4.89. The second kappa shape index (κ2) is 6.49. The first kappa shape index (κ1) is 12.1. The average molecular weight is 274 g/mol. The standard InChI is InChI=1S/C11H16BrNS/c1-2-3-6-14-11-7-10(12)5-4-9(11)8-13/h4-5,7H,2-3,6,8,13H2,1H3. The number of rotatable bonds is 5. The summed E-state index contributed by atoms with van der Waals surface area (Å²) < 4.78 is 1.13. The van der Waals surface area contributed by atoms with Crippen LogP contribution in [0.15, 0.2) is 27.6 Å². The van der Waals surface area contributed by atoms with Crippen molar-refractivity contribution >= 4 is 27.7 Å². The molecule has 3 heteroatoms. The van der Waals surface area contributed by atoms with Crippen LogP contribution in [0.5, 0.6) is 0 Å². The van der Waals surface area contributed by atoms with E-state index in [1.165, 1.54) is 29.1 Å². The van der Waals surface area contributed by atoms with Crippen molar-refractivity contribution in [1.82, 2.24) is 0 Å². The number of hydrogen-bond acceptors (Lipinski definition) is 2. The fourth-order valence-electron chi connectivity index (χ4n) is 1.16. The Morgan fingerprint density at radius 3 is 2.86 bits per heavy atom. The van der Waals surface area contributed by atoms with Gasteiger partial charge < -0.3 is 5.73 Å². The molecule has 0 bridgehead atoms. The fraction of sp³-hybridized carbons (Fsp3) is 0.455. The van der Waals surface area contributed by atoms with Crippen molar-refractivity contribution in [3.8, 4) is 0 Å². The van der Waals surface area contributed by atoms with Gasteiger partial charge in [0.05, 0.1) is 0 Å². The van der Waals surface area contributed by atoms with Gasteiger partial charge in [-0.3, -0.25) is 0 Å². The predicted molar refractivity (Wildman–Crippen MR) is 67.7 cm³/mol. The molecule has 0 aliphatic rings. The summed E-state index contributed by atoms with van der Waals surface area (Å²) in [4.78, 5) is 1.32. The van der Waals surface area contributed by atoms with E-state index >= 15 is 0 Å². The summed E-state index contributed by atoms with van der Waals surface area (Å²) >= 11 is 5.38. The zero-order valence-corrected chi connectivity index (χ0v) is 10.8. The Morgan fingerprint density at radius 1 is 1.43 bits per heavy atom. The molecule has 1 aromatic rings. The number of hydrogen-bond donors (Lipinski definition) is 1. The predicted octanol–water partition coefficient (Wildman–Crippen LogP) is 3.80. The number of halogens is 1. The van der Waals surface area contributed by atoms with Gasteiger partial charge in [0, 0.05) is 15.9 Å². The van der Waals surface area contributed by atoms with Crippen molar-refractivity contribution < 1.29 is 0 Å². The molecule has 0 saturated carbocycles. The molecule has 0 spiro atoms. The zero-order valence-electron chi connectivity index (χ0n) is 8.42. The summed E-state index contributed by atoms with van der Waals surface area (Å²) in [5, 5.41) is 0. The van der Waals surface area contributed by atoms with E-state index in [0.717, 1.165) is 4.47 Å². The molecule has 1 aromatic carbocycles. The molecule has 0 atom stereocenters. The lowest BCUT2D eigenvalue weighted by molar-refractivity contribution is 0.895. The summed E-state index contributed by atoms with van der Waals surface area (Å²) in [6, 6.07) is 6.30. The number of thioether (sulfide) groups is 1. The van der Waals surface area contributed by atoms with Crippen LogP contribution in [0.4, 0.5) is 0 Å². The monoisotopic (exact) mass is 273 g/mol. The minimum Gasteiger partial charge on any atom is -0.326 e. The van der Waals surface area contributed by atoms with Crippen molar-refractivity contribution in [3.63, 3.8) is 0 Å². The molecule has 1 nitrogen and oxygen atoms in total. The molecule has 0 radical (unpaired) electrons.